The van der Waals surface area contributed by atoms with Crippen molar-refractivity contribution in [3.63, 3.8) is 0 Å². The molecule has 0 aromatic rings. The zero-order valence-corrected chi connectivity index (χ0v) is 6.74. The van der Waals surface area contributed by atoms with Crippen LogP contribution in [-0.2, 0) is 4.79 Å². The second-order valence-electron chi connectivity index (χ2n) is 2.85. The van der Waals surface area contributed by atoms with Crippen LogP contribution in [0.2, 0.25) is 0 Å². The monoisotopic (exact) mass is 162 g/mol. The lowest BCUT2D eigenvalue weighted by Gasteiger charge is -2.20. The van der Waals surface area contributed by atoms with Crippen LogP contribution >= 0.6 is 0 Å². The first kappa shape index (κ1) is 10.4. The van der Waals surface area contributed by atoms with Gasteiger partial charge >= 0.3 is 5.97 Å². The highest BCUT2D eigenvalue weighted by Crippen LogP contribution is 2.13. The van der Waals surface area contributed by atoms with Crippen LogP contribution in [0.5, 0.6) is 0 Å². The highest BCUT2D eigenvalue weighted by molar-refractivity contribution is 5.76. The fourth-order valence-corrected chi connectivity index (χ4v) is 0.690. The average molecular weight is 162 g/mol. The lowest BCUT2D eigenvalue weighted by molar-refractivity contribution is -0.159. The number of carboxylic acid groups (broad SMARTS) is 1. The normalized spacial score (nSPS) is 18.9. The lowest BCUT2D eigenvalue weighted by atomic mass is 9.98. The molecule has 4 nitrogen and oxygen atoms in total. The third-order valence-electron chi connectivity index (χ3n) is 1.57. The van der Waals surface area contributed by atoms with Gasteiger partial charge < -0.3 is 15.3 Å². The van der Waals surface area contributed by atoms with Gasteiger partial charge in [-0.2, -0.15) is 0 Å². The summed E-state index contributed by atoms with van der Waals surface area (Å²) in [6.07, 6.45) is -0.427. The first-order chi connectivity index (χ1) is 4.90. The molecule has 4 heteroatoms. The molecule has 0 amide bonds. The summed E-state index contributed by atoms with van der Waals surface area (Å²) in [5.41, 5.74) is -1.81. The minimum Gasteiger partial charge on any atom is -0.479 e. The maximum atomic E-state index is 10.3. The first-order valence-corrected chi connectivity index (χ1v) is 3.54. The van der Waals surface area contributed by atoms with Crippen LogP contribution in [0.4, 0.5) is 0 Å². The van der Waals surface area contributed by atoms with E-state index in [9.17, 15) is 4.79 Å². The molecule has 0 saturated carbocycles. The zero-order valence-electron chi connectivity index (χ0n) is 6.74. The number of aliphatic hydroxyl groups is 2. The molecule has 0 rings (SSSR count). The third kappa shape index (κ3) is 3.34. The number of hydrogen-bond donors (Lipinski definition) is 3. The maximum absolute atomic E-state index is 10.3. The van der Waals surface area contributed by atoms with Crippen LogP contribution in [0.3, 0.4) is 0 Å². The van der Waals surface area contributed by atoms with Crippen molar-refractivity contribution in [1.29, 1.82) is 0 Å². The number of carbonyl (C=O) groups is 1. The number of carboxylic acids is 1. The van der Waals surface area contributed by atoms with Crippen molar-refractivity contribution in [2.75, 3.05) is 0 Å². The summed E-state index contributed by atoms with van der Waals surface area (Å²) < 4.78 is 0. The topological polar surface area (TPSA) is 77.8 Å². The summed E-state index contributed by atoms with van der Waals surface area (Å²) in [7, 11) is 0. The van der Waals surface area contributed by atoms with Gasteiger partial charge in [0.25, 0.3) is 0 Å². The highest BCUT2D eigenvalue weighted by atomic mass is 16.4. The van der Waals surface area contributed by atoms with E-state index in [4.69, 9.17) is 15.3 Å². The van der Waals surface area contributed by atoms with E-state index in [0.717, 1.165) is 0 Å². The molecule has 2 unspecified atom stereocenters. The molecule has 0 aliphatic rings. The van der Waals surface area contributed by atoms with E-state index in [-0.39, 0.29) is 6.42 Å². The summed E-state index contributed by atoms with van der Waals surface area (Å²) in [6.45, 7) is 2.90. The van der Waals surface area contributed by atoms with Crippen molar-refractivity contribution in [2.45, 2.75) is 38.4 Å². The Labute approximate surface area is 65.5 Å². The highest BCUT2D eigenvalue weighted by Gasteiger charge is 2.31. The molecule has 0 aromatic heterocycles. The van der Waals surface area contributed by atoms with Crippen LogP contribution in [0, 0.1) is 0 Å². The van der Waals surface area contributed by atoms with Crippen molar-refractivity contribution in [2.24, 2.45) is 0 Å². The van der Waals surface area contributed by atoms with Gasteiger partial charge in [0, 0.05) is 6.42 Å². The molecule has 66 valence electrons. The molecule has 2 atom stereocenters. The van der Waals surface area contributed by atoms with E-state index in [1.807, 2.05) is 0 Å². The first-order valence-electron chi connectivity index (χ1n) is 3.54. The predicted molar refractivity (Wildman–Crippen MR) is 39.2 cm³/mol. The standard InChI is InChI=1S/C7H14O4/c1-3-5(8)4-7(2,11)6(9)10/h5,8,11H,3-4H2,1-2H3,(H,9,10). The second kappa shape index (κ2) is 3.69. The molecule has 0 aromatic carbocycles. The minimum atomic E-state index is -1.81. The number of rotatable bonds is 4. The van der Waals surface area contributed by atoms with E-state index in [0.29, 0.717) is 6.42 Å². The lowest BCUT2D eigenvalue weighted by Crippen LogP contribution is -2.38. The minimum absolute atomic E-state index is 0.126. The molecule has 0 aliphatic heterocycles. The van der Waals surface area contributed by atoms with Gasteiger partial charge in [-0.1, -0.05) is 6.92 Å². The van der Waals surface area contributed by atoms with Crippen molar-refractivity contribution in [3.05, 3.63) is 0 Å². The van der Waals surface area contributed by atoms with Crippen LogP contribution in [0.1, 0.15) is 26.7 Å². The Morgan fingerprint density at radius 3 is 2.36 bits per heavy atom. The molecular formula is C7H14O4. The fraction of sp³-hybridized carbons (Fsp3) is 0.857. The van der Waals surface area contributed by atoms with E-state index in [1.165, 1.54) is 6.92 Å². The second-order valence-corrected chi connectivity index (χ2v) is 2.85. The van der Waals surface area contributed by atoms with Gasteiger partial charge in [0.15, 0.2) is 5.60 Å². The third-order valence-corrected chi connectivity index (χ3v) is 1.57. The molecule has 3 N–H and O–H groups in total. The Morgan fingerprint density at radius 2 is 2.09 bits per heavy atom. The molecular weight excluding hydrogens is 148 g/mol. The van der Waals surface area contributed by atoms with Crippen molar-refractivity contribution in [3.8, 4) is 0 Å². The van der Waals surface area contributed by atoms with Crippen LogP contribution in [-0.4, -0.2) is 33.0 Å². The number of aliphatic carboxylic acids is 1. The molecule has 0 radical (unpaired) electrons. The predicted octanol–water partition coefficient (Wildman–Crippen LogP) is -0.0170. The van der Waals surface area contributed by atoms with Gasteiger partial charge in [-0.15, -0.1) is 0 Å². The van der Waals surface area contributed by atoms with E-state index >= 15 is 0 Å². The van der Waals surface area contributed by atoms with Gasteiger partial charge in [-0.25, -0.2) is 4.79 Å². The molecule has 0 bridgehead atoms. The Bertz CT molecular complexity index is 141. The van der Waals surface area contributed by atoms with Crippen LogP contribution < -0.4 is 0 Å². The molecule has 0 saturated heterocycles. The quantitative estimate of drug-likeness (QED) is 0.543. The van der Waals surface area contributed by atoms with E-state index < -0.39 is 17.7 Å². The van der Waals surface area contributed by atoms with E-state index in [1.54, 1.807) is 6.92 Å². The van der Waals surface area contributed by atoms with Crippen LogP contribution in [0.15, 0.2) is 0 Å². The summed E-state index contributed by atoms with van der Waals surface area (Å²) in [4.78, 5) is 10.3. The smallest absolute Gasteiger partial charge is 0.335 e. The van der Waals surface area contributed by atoms with Gasteiger partial charge in [0.2, 0.25) is 0 Å². The van der Waals surface area contributed by atoms with Gasteiger partial charge in [0.1, 0.15) is 0 Å². The number of aliphatic hydroxyl groups excluding tert-OH is 1. The fourth-order valence-electron chi connectivity index (χ4n) is 0.690. The van der Waals surface area contributed by atoms with Gasteiger partial charge in [0.05, 0.1) is 6.10 Å². The van der Waals surface area contributed by atoms with Crippen molar-refractivity contribution in [1.82, 2.24) is 0 Å². The Hall–Kier alpha value is -0.610. The molecule has 0 aliphatic carbocycles. The van der Waals surface area contributed by atoms with Crippen LogP contribution in [0.25, 0.3) is 0 Å². The Balaban J connectivity index is 4.01. The summed E-state index contributed by atoms with van der Waals surface area (Å²) in [5.74, 6) is -1.30. The Kier molecular flexibility index (Phi) is 3.48. The molecule has 11 heavy (non-hydrogen) atoms. The molecule has 0 heterocycles. The zero-order chi connectivity index (χ0) is 9.07. The maximum Gasteiger partial charge on any atom is 0.335 e. The largest absolute Gasteiger partial charge is 0.479 e. The van der Waals surface area contributed by atoms with Gasteiger partial charge in [-0.3, -0.25) is 0 Å². The molecule has 0 fully saturated rings. The number of hydrogen-bond acceptors (Lipinski definition) is 3. The van der Waals surface area contributed by atoms with E-state index in [2.05, 4.69) is 0 Å². The Morgan fingerprint density at radius 1 is 1.64 bits per heavy atom. The SMILES string of the molecule is CCC(O)CC(C)(O)C(=O)O. The van der Waals surface area contributed by atoms with Crippen molar-refractivity contribution >= 4 is 5.97 Å². The molecule has 0 spiro atoms. The van der Waals surface area contributed by atoms with Gasteiger partial charge in [-0.05, 0) is 13.3 Å². The summed E-state index contributed by atoms with van der Waals surface area (Å²) in [6, 6.07) is 0. The van der Waals surface area contributed by atoms with Crippen molar-refractivity contribution < 1.29 is 20.1 Å². The summed E-state index contributed by atoms with van der Waals surface area (Å²) >= 11 is 0. The summed E-state index contributed by atoms with van der Waals surface area (Å²) in [5, 5.41) is 26.6. The average Bonchev–Trinajstić information content (AvgIpc) is 1.86.